The minimum Gasteiger partial charge on any atom is -0.444 e. The van der Waals surface area contributed by atoms with Gasteiger partial charge in [-0.15, -0.1) is 0 Å². The third-order valence-corrected chi connectivity index (χ3v) is 4.80. The van der Waals surface area contributed by atoms with Gasteiger partial charge in [-0.25, -0.2) is 4.79 Å². The molecule has 1 saturated heterocycles. The van der Waals surface area contributed by atoms with Crippen LogP contribution in [0, 0.1) is 9.49 Å². The first kappa shape index (κ1) is 15.8. The first-order valence-corrected chi connectivity index (χ1v) is 8.69. The van der Waals surface area contributed by atoms with Gasteiger partial charge in [-0.2, -0.15) is 0 Å². The van der Waals surface area contributed by atoms with Gasteiger partial charge in [0.25, 0.3) is 5.56 Å². The molecule has 2 aliphatic heterocycles. The number of aromatic nitrogens is 1. The fourth-order valence-corrected chi connectivity index (χ4v) is 3.99. The average Bonchev–Trinajstić information content (AvgIpc) is 2.38. The van der Waals surface area contributed by atoms with Crippen LogP contribution >= 0.6 is 22.6 Å². The summed E-state index contributed by atoms with van der Waals surface area (Å²) in [5.41, 5.74) is 0.650. The van der Waals surface area contributed by atoms with Crippen molar-refractivity contribution in [3.8, 4) is 0 Å². The van der Waals surface area contributed by atoms with Gasteiger partial charge in [0.2, 0.25) is 0 Å². The lowest BCUT2D eigenvalue weighted by atomic mass is 9.83. The number of ether oxygens (including phenoxy) is 1. The molecule has 120 valence electrons. The first-order chi connectivity index (χ1) is 10.2. The van der Waals surface area contributed by atoms with Crippen molar-refractivity contribution < 1.29 is 9.53 Å². The SMILES string of the molecule is CC(C)(C)OC(=O)N1C[C@@H]2C[C@H](C1)c1cc(I)cc(=O)n1C2. The first-order valence-electron chi connectivity index (χ1n) is 7.61. The van der Waals surface area contributed by atoms with Crippen LogP contribution in [0.2, 0.25) is 0 Å². The van der Waals surface area contributed by atoms with E-state index in [2.05, 4.69) is 28.7 Å². The van der Waals surface area contributed by atoms with Crippen LogP contribution in [0.15, 0.2) is 16.9 Å². The number of pyridine rings is 1. The molecule has 0 N–H and O–H groups in total. The zero-order valence-corrected chi connectivity index (χ0v) is 15.3. The van der Waals surface area contributed by atoms with Crippen LogP contribution in [0.1, 0.15) is 38.8 Å². The Labute approximate surface area is 143 Å². The Balaban J connectivity index is 1.85. The van der Waals surface area contributed by atoms with Crippen molar-refractivity contribution in [2.24, 2.45) is 5.92 Å². The third kappa shape index (κ3) is 3.16. The Hall–Kier alpha value is -1.05. The number of likely N-dealkylation sites (tertiary alicyclic amines) is 1. The number of hydrogen-bond donors (Lipinski definition) is 0. The van der Waals surface area contributed by atoms with Gasteiger partial charge in [0.05, 0.1) is 0 Å². The Bertz CT molecular complexity index is 662. The quantitative estimate of drug-likeness (QED) is 0.612. The van der Waals surface area contributed by atoms with Gasteiger partial charge in [-0.3, -0.25) is 4.79 Å². The van der Waals surface area contributed by atoms with Crippen LogP contribution in [0.5, 0.6) is 0 Å². The number of halogens is 1. The molecule has 1 amide bonds. The Kier molecular flexibility index (Phi) is 3.99. The van der Waals surface area contributed by atoms with Gasteiger partial charge in [0.15, 0.2) is 0 Å². The van der Waals surface area contributed by atoms with Crippen LogP contribution in [0.25, 0.3) is 0 Å². The van der Waals surface area contributed by atoms with Crippen LogP contribution in [-0.2, 0) is 11.3 Å². The summed E-state index contributed by atoms with van der Waals surface area (Å²) >= 11 is 2.18. The predicted molar refractivity (Wildman–Crippen MR) is 92.1 cm³/mol. The monoisotopic (exact) mass is 416 g/mol. The van der Waals surface area contributed by atoms with Crippen molar-refractivity contribution >= 4 is 28.7 Å². The molecular weight excluding hydrogens is 395 g/mol. The largest absolute Gasteiger partial charge is 0.444 e. The van der Waals surface area contributed by atoms with Crippen molar-refractivity contribution in [3.63, 3.8) is 0 Å². The van der Waals surface area contributed by atoms with E-state index in [0.29, 0.717) is 25.6 Å². The molecule has 0 spiro atoms. The van der Waals surface area contributed by atoms with Crippen molar-refractivity contribution in [1.82, 2.24) is 9.47 Å². The molecule has 22 heavy (non-hydrogen) atoms. The van der Waals surface area contributed by atoms with Crippen LogP contribution in [-0.4, -0.2) is 34.3 Å². The average molecular weight is 416 g/mol. The molecule has 0 aromatic carbocycles. The van der Waals surface area contributed by atoms with Crippen molar-refractivity contribution in [1.29, 1.82) is 0 Å². The molecule has 2 aliphatic rings. The Morgan fingerprint density at radius 2 is 2.00 bits per heavy atom. The highest BCUT2D eigenvalue weighted by Crippen LogP contribution is 2.36. The van der Waals surface area contributed by atoms with E-state index in [-0.39, 0.29) is 17.6 Å². The summed E-state index contributed by atoms with van der Waals surface area (Å²) in [6.45, 7) is 7.64. The highest BCUT2D eigenvalue weighted by molar-refractivity contribution is 14.1. The number of piperidine rings is 1. The zero-order valence-electron chi connectivity index (χ0n) is 13.1. The van der Waals surface area contributed by atoms with Gasteiger partial charge in [-0.1, -0.05) is 0 Å². The molecule has 0 unspecified atom stereocenters. The summed E-state index contributed by atoms with van der Waals surface area (Å²) in [5.74, 6) is 0.555. The van der Waals surface area contributed by atoms with E-state index in [1.165, 1.54) is 0 Å². The second kappa shape index (κ2) is 5.54. The lowest BCUT2D eigenvalue weighted by molar-refractivity contribution is 0.0102. The van der Waals surface area contributed by atoms with Crippen molar-refractivity contribution in [2.75, 3.05) is 13.1 Å². The summed E-state index contributed by atoms with van der Waals surface area (Å²) < 4.78 is 8.34. The fraction of sp³-hybridized carbons (Fsp3) is 0.625. The maximum atomic E-state index is 12.3. The van der Waals surface area contributed by atoms with Gasteiger partial charge in [-0.05, 0) is 61.8 Å². The Morgan fingerprint density at radius 3 is 2.68 bits per heavy atom. The number of fused-ring (bicyclic) bond motifs is 4. The minimum absolute atomic E-state index is 0.0716. The van der Waals surface area contributed by atoms with Crippen LogP contribution in [0.4, 0.5) is 4.79 Å². The third-order valence-electron chi connectivity index (χ3n) is 4.17. The maximum Gasteiger partial charge on any atom is 0.410 e. The molecule has 3 rings (SSSR count). The lowest BCUT2D eigenvalue weighted by Crippen LogP contribution is -2.50. The number of nitrogens with zero attached hydrogens (tertiary/aromatic N) is 2. The van der Waals surface area contributed by atoms with E-state index in [0.717, 1.165) is 15.7 Å². The summed E-state index contributed by atoms with van der Waals surface area (Å²) in [6, 6.07) is 3.75. The van der Waals surface area contributed by atoms with Crippen molar-refractivity contribution in [2.45, 2.75) is 45.3 Å². The number of amides is 1. The van der Waals surface area contributed by atoms with E-state index in [1.54, 1.807) is 11.0 Å². The van der Waals surface area contributed by atoms with E-state index < -0.39 is 5.60 Å². The van der Waals surface area contributed by atoms with Gasteiger partial charge >= 0.3 is 6.09 Å². The summed E-state index contributed by atoms with van der Waals surface area (Å²) in [5, 5.41) is 0. The fourth-order valence-electron chi connectivity index (χ4n) is 3.40. The van der Waals surface area contributed by atoms with Crippen LogP contribution in [0.3, 0.4) is 0 Å². The van der Waals surface area contributed by atoms with Crippen molar-refractivity contribution in [3.05, 3.63) is 31.8 Å². The number of carbonyl (C=O) groups is 1. The normalized spacial score (nSPS) is 23.9. The minimum atomic E-state index is -0.478. The molecular formula is C16H21IN2O3. The topological polar surface area (TPSA) is 51.5 Å². The van der Waals surface area contributed by atoms with Gasteiger partial charge in [0.1, 0.15) is 5.60 Å². The molecule has 2 bridgehead atoms. The molecule has 0 saturated carbocycles. The number of hydrogen-bond acceptors (Lipinski definition) is 3. The summed E-state index contributed by atoms with van der Waals surface area (Å²) in [7, 11) is 0. The van der Waals surface area contributed by atoms with Gasteiger partial charge in [0, 0.05) is 40.9 Å². The highest BCUT2D eigenvalue weighted by atomic mass is 127. The standard InChI is InChI=1S/C16H21IN2O3/c1-16(2,3)22-15(21)18-7-10-4-11(9-18)13-5-12(17)6-14(20)19(13)8-10/h5-6,10-11H,4,7-9H2,1-3H3/t10-,11+/m0/s1. The molecule has 5 nitrogen and oxygen atoms in total. The molecule has 1 aromatic heterocycles. The highest BCUT2D eigenvalue weighted by Gasteiger charge is 2.37. The maximum absolute atomic E-state index is 12.3. The molecule has 1 aromatic rings. The second-order valence-electron chi connectivity index (χ2n) is 7.23. The predicted octanol–water partition coefficient (Wildman–Crippen LogP) is 2.81. The van der Waals surface area contributed by atoms with Crippen LogP contribution < -0.4 is 5.56 Å². The van der Waals surface area contributed by atoms with E-state index in [1.807, 2.05) is 25.3 Å². The second-order valence-corrected chi connectivity index (χ2v) is 8.48. The molecule has 3 heterocycles. The summed E-state index contributed by atoms with van der Waals surface area (Å²) in [6.07, 6.45) is 0.794. The number of carbonyl (C=O) groups excluding carboxylic acids is 1. The molecule has 6 heteroatoms. The zero-order chi connectivity index (χ0) is 16.1. The Morgan fingerprint density at radius 1 is 1.27 bits per heavy atom. The molecule has 0 radical (unpaired) electrons. The van der Waals surface area contributed by atoms with E-state index >= 15 is 0 Å². The molecule has 1 fully saturated rings. The molecule has 2 atom stereocenters. The van der Waals surface area contributed by atoms with Gasteiger partial charge < -0.3 is 14.2 Å². The number of rotatable bonds is 0. The van der Waals surface area contributed by atoms with E-state index in [9.17, 15) is 9.59 Å². The summed E-state index contributed by atoms with van der Waals surface area (Å²) in [4.78, 5) is 26.3. The molecule has 0 aliphatic carbocycles. The smallest absolute Gasteiger partial charge is 0.410 e. The lowest BCUT2D eigenvalue weighted by Gasteiger charge is -2.42. The van der Waals surface area contributed by atoms with E-state index in [4.69, 9.17) is 4.74 Å².